The second-order valence-electron chi connectivity index (χ2n) is 7.08. The van der Waals surface area contributed by atoms with E-state index in [1.54, 1.807) is 0 Å². The van der Waals surface area contributed by atoms with Crippen molar-refractivity contribution in [1.29, 1.82) is 0 Å². The number of carbonyl (C=O) groups is 3. The smallest absolute Gasteiger partial charge is 0.550 e. The second-order valence-corrected chi connectivity index (χ2v) is 7.08. The summed E-state index contributed by atoms with van der Waals surface area (Å²) in [6.07, 6.45) is 20.2. The molecule has 29 heavy (non-hydrogen) atoms. The Balaban J connectivity index is -0.000000294. The van der Waals surface area contributed by atoms with Crippen LogP contribution in [-0.2, 0) is 14.4 Å². The van der Waals surface area contributed by atoms with Gasteiger partial charge >= 0.3 is 43.7 Å². The molecule has 0 rings (SSSR count). The number of carbonyl (C=O) groups excluding carboxylic acids is 2. The normalized spacial score (nSPS) is 9.21. The number of hydrogen-bond acceptors (Lipinski definition) is 5. The SMILES string of the molecule is CC(=O)[O-].CC(=O)[O-].CCCCCCCCCCCCCCCCCC(=O)O.[Ca+2]. The van der Waals surface area contributed by atoms with Crippen molar-refractivity contribution in [3.63, 3.8) is 0 Å². The number of rotatable bonds is 16. The number of hydrogen-bond donors (Lipinski definition) is 1. The third-order valence-corrected chi connectivity index (χ3v) is 3.99. The first-order valence-electron chi connectivity index (χ1n) is 10.8. The van der Waals surface area contributed by atoms with Gasteiger partial charge in [0.05, 0.1) is 0 Å². The van der Waals surface area contributed by atoms with E-state index in [0.29, 0.717) is 6.42 Å². The van der Waals surface area contributed by atoms with Crippen LogP contribution in [-0.4, -0.2) is 60.8 Å². The van der Waals surface area contributed by atoms with E-state index in [0.717, 1.165) is 26.7 Å². The third-order valence-electron chi connectivity index (χ3n) is 3.99. The Morgan fingerprint density at radius 3 is 1.00 bits per heavy atom. The first kappa shape index (κ1) is 36.1. The Hall–Kier alpha value is -0.330. The van der Waals surface area contributed by atoms with Crippen LogP contribution in [0.3, 0.4) is 0 Å². The molecule has 0 aliphatic carbocycles. The number of unbranched alkanes of at least 4 members (excludes halogenated alkanes) is 14. The van der Waals surface area contributed by atoms with E-state index in [9.17, 15) is 4.79 Å². The molecule has 0 atom stereocenters. The minimum absolute atomic E-state index is 0. The molecular formula is C22H42CaO6. The van der Waals surface area contributed by atoms with Crippen LogP contribution in [0.15, 0.2) is 0 Å². The first-order chi connectivity index (χ1) is 13.2. The molecule has 0 aliphatic rings. The van der Waals surface area contributed by atoms with Gasteiger partial charge in [-0.2, -0.15) is 0 Å². The van der Waals surface area contributed by atoms with E-state index in [1.165, 1.54) is 83.5 Å². The summed E-state index contributed by atoms with van der Waals surface area (Å²) in [7, 11) is 0. The van der Waals surface area contributed by atoms with Crippen molar-refractivity contribution in [2.24, 2.45) is 0 Å². The predicted octanol–water partition coefficient (Wildman–Crippen LogP) is 3.46. The van der Waals surface area contributed by atoms with E-state index in [-0.39, 0.29) is 37.7 Å². The van der Waals surface area contributed by atoms with Crippen LogP contribution in [0.5, 0.6) is 0 Å². The average Bonchev–Trinajstić information content (AvgIpc) is 2.57. The monoisotopic (exact) mass is 442 g/mol. The van der Waals surface area contributed by atoms with E-state index in [1.807, 2.05) is 0 Å². The van der Waals surface area contributed by atoms with Crippen LogP contribution < -0.4 is 10.2 Å². The van der Waals surface area contributed by atoms with E-state index in [2.05, 4.69) is 6.92 Å². The van der Waals surface area contributed by atoms with Crippen molar-refractivity contribution in [3.8, 4) is 0 Å². The van der Waals surface area contributed by atoms with Gasteiger partial charge in [-0.05, 0) is 20.3 Å². The predicted molar refractivity (Wildman–Crippen MR) is 114 cm³/mol. The molecule has 168 valence electrons. The van der Waals surface area contributed by atoms with Gasteiger partial charge in [0.25, 0.3) is 0 Å². The van der Waals surface area contributed by atoms with E-state index >= 15 is 0 Å². The maximum atomic E-state index is 10.3. The fourth-order valence-corrected chi connectivity index (χ4v) is 2.65. The third kappa shape index (κ3) is 65.6. The van der Waals surface area contributed by atoms with Gasteiger partial charge in [-0.15, -0.1) is 0 Å². The molecule has 7 heteroatoms. The Labute approximate surface area is 207 Å². The van der Waals surface area contributed by atoms with Gasteiger partial charge in [0.15, 0.2) is 0 Å². The topological polar surface area (TPSA) is 118 Å². The zero-order valence-electron chi connectivity index (χ0n) is 19.0. The van der Waals surface area contributed by atoms with Crippen molar-refractivity contribution in [2.45, 2.75) is 124 Å². The first-order valence-corrected chi connectivity index (χ1v) is 10.8. The van der Waals surface area contributed by atoms with Crippen LogP contribution >= 0.6 is 0 Å². The van der Waals surface area contributed by atoms with Crippen molar-refractivity contribution in [1.82, 2.24) is 0 Å². The zero-order chi connectivity index (χ0) is 22.0. The van der Waals surface area contributed by atoms with E-state index in [4.69, 9.17) is 24.9 Å². The molecule has 0 radical (unpaired) electrons. The Morgan fingerprint density at radius 2 is 0.793 bits per heavy atom. The minimum Gasteiger partial charge on any atom is -0.550 e. The zero-order valence-corrected chi connectivity index (χ0v) is 21.2. The molecular weight excluding hydrogens is 400 g/mol. The molecule has 0 saturated carbocycles. The van der Waals surface area contributed by atoms with Gasteiger partial charge in [0.2, 0.25) is 0 Å². The molecule has 0 aliphatic heterocycles. The quantitative estimate of drug-likeness (QED) is 0.289. The number of aliphatic carboxylic acids is 3. The number of carboxylic acids is 3. The maximum absolute atomic E-state index is 10.3. The Bertz CT molecular complexity index is 341. The summed E-state index contributed by atoms with van der Waals surface area (Å²) < 4.78 is 0. The molecule has 0 bridgehead atoms. The number of carboxylic acid groups (broad SMARTS) is 3. The summed E-state index contributed by atoms with van der Waals surface area (Å²) in [4.78, 5) is 28.1. The van der Waals surface area contributed by atoms with Crippen molar-refractivity contribution < 1.29 is 29.7 Å². The fraction of sp³-hybridized carbons (Fsp3) is 0.864. The summed E-state index contributed by atoms with van der Waals surface area (Å²) in [6.45, 7) is 4.21. The van der Waals surface area contributed by atoms with E-state index < -0.39 is 17.9 Å². The minimum atomic E-state index is -1.08. The molecule has 0 unspecified atom stereocenters. The Morgan fingerprint density at radius 1 is 0.586 bits per heavy atom. The van der Waals surface area contributed by atoms with Crippen LogP contribution in [0, 0.1) is 0 Å². The molecule has 0 spiro atoms. The molecule has 0 saturated heterocycles. The second kappa shape index (κ2) is 32.3. The molecule has 0 heterocycles. The summed E-state index contributed by atoms with van der Waals surface area (Å²) >= 11 is 0. The standard InChI is InChI=1S/C18H36O2.2C2H4O2.Ca/c1-2-3-4-5-6-7-8-9-10-11-12-13-14-15-16-17-18(19)20;2*1-2(3)4;/h2-17H2,1H3,(H,19,20);2*1H3,(H,3,4);/q;;;+2/p-2. The summed E-state index contributed by atoms with van der Waals surface area (Å²) in [5.74, 6) is -2.82. The van der Waals surface area contributed by atoms with Crippen LogP contribution in [0.1, 0.15) is 124 Å². The maximum Gasteiger partial charge on any atom is 2.00 e. The van der Waals surface area contributed by atoms with Gasteiger partial charge in [-0.3, -0.25) is 4.79 Å². The summed E-state index contributed by atoms with van der Waals surface area (Å²) in [5, 5.41) is 26.3. The van der Waals surface area contributed by atoms with Gasteiger partial charge in [-0.25, -0.2) is 0 Å². The van der Waals surface area contributed by atoms with Crippen LogP contribution in [0.2, 0.25) is 0 Å². The molecule has 0 fully saturated rings. The molecule has 0 aromatic rings. The van der Waals surface area contributed by atoms with Gasteiger partial charge in [0, 0.05) is 18.4 Å². The summed E-state index contributed by atoms with van der Waals surface area (Å²) in [6, 6.07) is 0. The van der Waals surface area contributed by atoms with Crippen molar-refractivity contribution >= 4 is 55.6 Å². The largest absolute Gasteiger partial charge is 2.00 e. The van der Waals surface area contributed by atoms with Crippen molar-refractivity contribution in [3.05, 3.63) is 0 Å². The van der Waals surface area contributed by atoms with Gasteiger partial charge in [0.1, 0.15) is 0 Å². The molecule has 6 nitrogen and oxygen atoms in total. The van der Waals surface area contributed by atoms with Gasteiger partial charge in [-0.1, -0.05) is 96.8 Å². The van der Waals surface area contributed by atoms with Crippen LogP contribution in [0.25, 0.3) is 0 Å². The van der Waals surface area contributed by atoms with Gasteiger partial charge < -0.3 is 24.9 Å². The molecule has 0 aromatic carbocycles. The molecule has 0 aromatic heterocycles. The Kier molecular flexibility index (Phi) is 40.2. The van der Waals surface area contributed by atoms with Crippen molar-refractivity contribution in [2.75, 3.05) is 0 Å². The average molecular weight is 443 g/mol. The van der Waals surface area contributed by atoms with Crippen LogP contribution in [0.4, 0.5) is 0 Å². The summed E-state index contributed by atoms with van der Waals surface area (Å²) in [5.41, 5.74) is 0. The molecule has 1 N–H and O–H groups in total. The molecule has 0 amide bonds. The fourth-order valence-electron chi connectivity index (χ4n) is 2.65.